The highest BCUT2D eigenvalue weighted by atomic mass is 16.2. The Hall–Kier alpha value is -1.39. The van der Waals surface area contributed by atoms with E-state index < -0.39 is 6.04 Å². The van der Waals surface area contributed by atoms with E-state index in [0.29, 0.717) is 0 Å². The average Bonchev–Trinajstić information content (AvgIpc) is 2.49. The number of amides is 1. The number of rotatable bonds is 1. The summed E-state index contributed by atoms with van der Waals surface area (Å²) >= 11 is 0. The molecule has 1 saturated heterocycles. The Morgan fingerprint density at radius 3 is 2.46 bits per heavy atom. The highest BCUT2D eigenvalue weighted by Crippen LogP contribution is 2.17. The van der Waals surface area contributed by atoms with Crippen molar-refractivity contribution < 1.29 is 4.79 Å². The third-order valence-corrected chi connectivity index (χ3v) is 2.17. The van der Waals surface area contributed by atoms with Crippen molar-refractivity contribution in [3.8, 4) is 0 Å². The largest absolute Gasteiger partial charge is 0.318 e. The van der Waals surface area contributed by atoms with Crippen molar-refractivity contribution in [1.82, 2.24) is 10.9 Å². The van der Waals surface area contributed by atoms with Crippen molar-refractivity contribution in [2.75, 3.05) is 0 Å². The molecule has 1 aromatic rings. The van der Waals surface area contributed by atoms with E-state index in [0.717, 1.165) is 5.56 Å². The van der Waals surface area contributed by atoms with Crippen LogP contribution in [-0.2, 0) is 4.79 Å². The fourth-order valence-corrected chi connectivity index (χ4v) is 1.42. The second-order valence-electron chi connectivity index (χ2n) is 3.05. The fourth-order valence-electron chi connectivity index (χ4n) is 1.42. The molecule has 1 amide bonds. The third kappa shape index (κ3) is 1.41. The molecule has 4 heteroatoms. The van der Waals surface area contributed by atoms with Gasteiger partial charge in [0.15, 0.2) is 0 Å². The number of nitrogens with two attached hydrogens (primary N) is 1. The lowest BCUT2D eigenvalue weighted by molar-refractivity contribution is -0.120. The molecule has 1 heterocycles. The van der Waals surface area contributed by atoms with Gasteiger partial charge >= 0.3 is 0 Å². The van der Waals surface area contributed by atoms with Crippen LogP contribution >= 0.6 is 0 Å². The van der Waals surface area contributed by atoms with Gasteiger partial charge < -0.3 is 5.73 Å². The van der Waals surface area contributed by atoms with Crippen molar-refractivity contribution >= 4 is 5.91 Å². The Balaban J connectivity index is 2.24. The standard InChI is InChI=1S/C9H11N3O/c10-7-8(11-12-9(7)13)6-4-2-1-3-5-6/h1-5,7-8,11H,10H2,(H,12,13). The molecule has 1 aliphatic heterocycles. The van der Waals surface area contributed by atoms with E-state index in [9.17, 15) is 4.79 Å². The number of hydrogen-bond donors (Lipinski definition) is 3. The van der Waals surface area contributed by atoms with Gasteiger partial charge in [-0.15, -0.1) is 0 Å². The molecule has 13 heavy (non-hydrogen) atoms. The normalized spacial score (nSPS) is 27.3. The number of hydrogen-bond acceptors (Lipinski definition) is 3. The van der Waals surface area contributed by atoms with Gasteiger partial charge in [0.05, 0.1) is 6.04 Å². The summed E-state index contributed by atoms with van der Waals surface area (Å²) in [4.78, 5) is 11.1. The highest BCUT2D eigenvalue weighted by molar-refractivity contribution is 5.84. The van der Waals surface area contributed by atoms with Crippen LogP contribution in [-0.4, -0.2) is 11.9 Å². The van der Waals surface area contributed by atoms with E-state index in [2.05, 4.69) is 10.9 Å². The van der Waals surface area contributed by atoms with Gasteiger partial charge in [-0.3, -0.25) is 10.2 Å². The zero-order chi connectivity index (χ0) is 9.26. The predicted molar refractivity (Wildman–Crippen MR) is 48.4 cm³/mol. The van der Waals surface area contributed by atoms with Gasteiger partial charge in [-0.2, -0.15) is 0 Å². The number of benzene rings is 1. The van der Waals surface area contributed by atoms with E-state index in [1.807, 2.05) is 30.3 Å². The van der Waals surface area contributed by atoms with Crippen molar-refractivity contribution in [2.45, 2.75) is 12.1 Å². The van der Waals surface area contributed by atoms with Gasteiger partial charge in [-0.05, 0) is 5.56 Å². The molecule has 1 aromatic carbocycles. The zero-order valence-electron chi connectivity index (χ0n) is 7.03. The summed E-state index contributed by atoms with van der Waals surface area (Å²) in [5.41, 5.74) is 12.1. The van der Waals surface area contributed by atoms with E-state index >= 15 is 0 Å². The maximum Gasteiger partial charge on any atom is 0.253 e. The van der Waals surface area contributed by atoms with Gasteiger partial charge in [0.1, 0.15) is 6.04 Å². The number of carbonyl (C=O) groups excluding carboxylic acids is 1. The quantitative estimate of drug-likeness (QED) is 0.551. The second kappa shape index (κ2) is 3.16. The first kappa shape index (κ1) is 8.22. The van der Waals surface area contributed by atoms with Crippen LogP contribution < -0.4 is 16.6 Å². The molecule has 0 spiro atoms. The zero-order valence-corrected chi connectivity index (χ0v) is 7.03. The molecule has 1 fully saturated rings. The van der Waals surface area contributed by atoms with E-state index in [4.69, 9.17) is 5.73 Å². The maximum absolute atomic E-state index is 11.1. The molecule has 4 N–H and O–H groups in total. The third-order valence-electron chi connectivity index (χ3n) is 2.17. The minimum atomic E-state index is -0.498. The molecule has 0 bridgehead atoms. The molecular weight excluding hydrogens is 166 g/mol. The molecule has 1 aliphatic rings. The molecule has 0 aromatic heterocycles. The van der Waals surface area contributed by atoms with E-state index in [-0.39, 0.29) is 11.9 Å². The summed E-state index contributed by atoms with van der Waals surface area (Å²) in [5, 5.41) is 0. The van der Waals surface area contributed by atoms with Crippen molar-refractivity contribution in [2.24, 2.45) is 5.73 Å². The van der Waals surface area contributed by atoms with Crippen molar-refractivity contribution in [1.29, 1.82) is 0 Å². The second-order valence-corrected chi connectivity index (χ2v) is 3.05. The lowest BCUT2D eigenvalue weighted by atomic mass is 10.0. The van der Waals surface area contributed by atoms with Crippen LogP contribution in [0.4, 0.5) is 0 Å². The summed E-state index contributed by atoms with van der Waals surface area (Å²) < 4.78 is 0. The van der Waals surface area contributed by atoms with Crippen LogP contribution in [0.5, 0.6) is 0 Å². The lowest BCUT2D eigenvalue weighted by Gasteiger charge is -2.12. The first-order chi connectivity index (χ1) is 6.29. The van der Waals surface area contributed by atoms with Crippen LogP contribution in [0.15, 0.2) is 30.3 Å². The number of nitrogens with one attached hydrogen (secondary N) is 2. The molecule has 68 valence electrons. The summed E-state index contributed by atoms with van der Waals surface area (Å²) in [6.45, 7) is 0. The van der Waals surface area contributed by atoms with Crippen LogP contribution in [0.1, 0.15) is 11.6 Å². The van der Waals surface area contributed by atoms with Gasteiger partial charge in [0.25, 0.3) is 5.91 Å². The molecule has 0 radical (unpaired) electrons. The summed E-state index contributed by atoms with van der Waals surface area (Å²) in [5.74, 6) is -0.158. The highest BCUT2D eigenvalue weighted by Gasteiger charge is 2.31. The van der Waals surface area contributed by atoms with Gasteiger partial charge in [0.2, 0.25) is 0 Å². The van der Waals surface area contributed by atoms with Gasteiger partial charge in [-0.25, -0.2) is 5.43 Å². The van der Waals surface area contributed by atoms with E-state index in [1.165, 1.54) is 0 Å². The minimum absolute atomic E-state index is 0.117. The Morgan fingerprint density at radius 2 is 1.92 bits per heavy atom. The average molecular weight is 177 g/mol. The van der Waals surface area contributed by atoms with Gasteiger partial charge in [0, 0.05) is 0 Å². The molecule has 0 aliphatic carbocycles. The monoisotopic (exact) mass is 177 g/mol. The maximum atomic E-state index is 11.1. The Kier molecular flexibility index (Phi) is 2.00. The fraction of sp³-hybridized carbons (Fsp3) is 0.222. The molecule has 4 nitrogen and oxygen atoms in total. The topological polar surface area (TPSA) is 67.2 Å². The molecule has 2 rings (SSSR count). The Morgan fingerprint density at radius 1 is 1.23 bits per heavy atom. The Labute approximate surface area is 76.1 Å². The van der Waals surface area contributed by atoms with Crippen LogP contribution in [0, 0.1) is 0 Å². The predicted octanol–water partition coefficient (Wildman–Crippen LogP) is -0.311. The summed E-state index contributed by atoms with van der Waals surface area (Å²) in [6, 6.07) is 9.05. The SMILES string of the molecule is NC1C(=O)NNC1c1ccccc1. The van der Waals surface area contributed by atoms with Crippen LogP contribution in [0.25, 0.3) is 0 Å². The number of carbonyl (C=O) groups is 1. The van der Waals surface area contributed by atoms with Crippen LogP contribution in [0.2, 0.25) is 0 Å². The smallest absolute Gasteiger partial charge is 0.253 e. The summed E-state index contributed by atoms with van der Waals surface area (Å²) in [7, 11) is 0. The first-order valence-electron chi connectivity index (χ1n) is 4.15. The Bertz CT molecular complexity index is 312. The van der Waals surface area contributed by atoms with Crippen molar-refractivity contribution in [3.05, 3.63) is 35.9 Å². The van der Waals surface area contributed by atoms with Crippen molar-refractivity contribution in [3.63, 3.8) is 0 Å². The first-order valence-corrected chi connectivity index (χ1v) is 4.15. The van der Waals surface area contributed by atoms with Gasteiger partial charge in [-0.1, -0.05) is 30.3 Å². The lowest BCUT2D eigenvalue weighted by Crippen LogP contribution is -2.33. The summed E-state index contributed by atoms with van der Waals surface area (Å²) in [6.07, 6.45) is 0. The minimum Gasteiger partial charge on any atom is -0.318 e. The van der Waals surface area contributed by atoms with Crippen LogP contribution in [0.3, 0.4) is 0 Å². The molecular formula is C9H11N3O. The number of hydrazine groups is 1. The van der Waals surface area contributed by atoms with E-state index in [1.54, 1.807) is 0 Å². The molecule has 2 atom stereocenters. The molecule has 0 saturated carbocycles. The molecule has 2 unspecified atom stereocenters.